The minimum Gasteiger partial charge on any atom is -0.497 e. The van der Waals surface area contributed by atoms with Crippen LogP contribution >= 0.6 is 0 Å². The SMILES string of the molecule is COc1ccc(CNc2nc(C)cc(C(=O)N3CCN(C=O)CC3)n2)cc1. The maximum atomic E-state index is 12.7. The highest BCUT2D eigenvalue weighted by molar-refractivity contribution is 5.92. The predicted molar refractivity (Wildman–Crippen MR) is 101 cm³/mol. The molecule has 1 saturated heterocycles. The van der Waals surface area contributed by atoms with E-state index in [1.807, 2.05) is 31.2 Å². The van der Waals surface area contributed by atoms with Gasteiger partial charge in [0.05, 0.1) is 7.11 Å². The number of aromatic nitrogens is 2. The molecule has 1 aromatic heterocycles. The number of ether oxygens (including phenoxy) is 1. The van der Waals surface area contributed by atoms with Crippen molar-refractivity contribution in [2.45, 2.75) is 13.5 Å². The number of nitrogens with one attached hydrogen (secondary N) is 1. The summed E-state index contributed by atoms with van der Waals surface area (Å²) in [6.45, 7) is 4.48. The monoisotopic (exact) mass is 369 g/mol. The van der Waals surface area contributed by atoms with Gasteiger partial charge < -0.3 is 19.9 Å². The van der Waals surface area contributed by atoms with Crippen LogP contribution in [0.4, 0.5) is 5.95 Å². The third kappa shape index (κ3) is 4.72. The van der Waals surface area contributed by atoms with Crippen LogP contribution in [0.5, 0.6) is 5.75 Å². The van der Waals surface area contributed by atoms with E-state index in [1.165, 1.54) is 0 Å². The summed E-state index contributed by atoms with van der Waals surface area (Å²) in [4.78, 5) is 35.7. The number of rotatable bonds is 6. The molecule has 0 saturated carbocycles. The van der Waals surface area contributed by atoms with Crippen LogP contribution in [0.15, 0.2) is 30.3 Å². The Bertz CT molecular complexity index is 801. The van der Waals surface area contributed by atoms with Gasteiger partial charge in [-0.15, -0.1) is 0 Å². The molecule has 3 rings (SSSR count). The molecule has 2 heterocycles. The summed E-state index contributed by atoms with van der Waals surface area (Å²) in [6, 6.07) is 9.39. The fourth-order valence-electron chi connectivity index (χ4n) is 2.87. The van der Waals surface area contributed by atoms with Crippen molar-refractivity contribution in [3.05, 3.63) is 47.3 Å². The first kappa shape index (κ1) is 18.6. The van der Waals surface area contributed by atoms with Crippen molar-refractivity contribution in [2.75, 3.05) is 38.6 Å². The molecule has 0 atom stereocenters. The highest BCUT2D eigenvalue weighted by Crippen LogP contribution is 2.14. The van der Waals surface area contributed by atoms with Gasteiger partial charge in [0.2, 0.25) is 12.4 Å². The van der Waals surface area contributed by atoms with Crippen molar-refractivity contribution in [1.29, 1.82) is 0 Å². The fourth-order valence-corrected chi connectivity index (χ4v) is 2.87. The summed E-state index contributed by atoms with van der Waals surface area (Å²) < 4.78 is 5.15. The predicted octanol–water partition coefficient (Wildman–Crippen LogP) is 1.32. The van der Waals surface area contributed by atoms with E-state index >= 15 is 0 Å². The van der Waals surface area contributed by atoms with Gasteiger partial charge in [-0.05, 0) is 30.7 Å². The summed E-state index contributed by atoms with van der Waals surface area (Å²) in [5.74, 6) is 1.08. The van der Waals surface area contributed by atoms with E-state index in [4.69, 9.17) is 4.74 Å². The number of amides is 2. The van der Waals surface area contributed by atoms with E-state index in [9.17, 15) is 9.59 Å². The van der Waals surface area contributed by atoms with Gasteiger partial charge in [-0.2, -0.15) is 0 Å². The number of carbonyl (C=O) groups excluding carboxylic acids is 2. The van der Waals surface area contributed by atoms with Gasteiger partial charge in [-0.3, -0.25) is 9.59 Å². The van der Waals surface area contributed by atoms with Crippen LogP contribution in [0.1, 0.15) is 21.7 Å². The van der Waals surface area contributed by atoms with Gasteiger partial charge in [-0.1, -0.05) is 12.1 Å². The van der Waals surface area contributed by atoms with Gasteiger partial charge in [0.15, 0.2) is 0 Å². The van der Waals surface area contributed by atoms with Crippen molar-refractivity contribution in [2.24, 2.45) is 0 Å². The molecular formula is C19H23N5O3. The first-order valence-corrected chi connectivity index (χ1v) is 8.80. The van der Waals surface area contributed by atoms with Crippen molar-refractivity contribution in [1.82, 2.24) is 19.8 Å². The Balaban J connectivity index is 1.66. The lowest BCUT2D eigenvalue weighted by Gasteiger charge is -2.32. The molecule has 0 bridgehead atoms. The Hall–Kier alpha value is -3.16. The Morgan fingerprint density at radius 3 is 2.52 bits per heavy atom. The number of piperazine rings is 1. The number of benzene rings is 1. The van der Waals surface area contributed by atoms with Crippen molar-refractivity contribution < 1.29 is 14.3 Å². The van der Waals surface area contributed by atoms with Gasteiger partial charge in [0.1, 0.15) is 11.4 Å². The number of hydrogen-bond donors (Lipinski definition) is 1. The average molecular weight is 369 g/mol. The second-order valence-electron chi connectivity index (χ2n) is 6.35. The number of anilines is 1. The molecule has 1 aliphatic rings. The van der Waals surface area contributed by atoms with Crippen molar-refractivity contribution in [3.8, 4) is 5.75 Å². The normalized spacial score (nSPS) is 14.0. The highest BCUT2D eigenvalue weighted by atomic mass is 16.5. The Morgan fingerprint density at radius 2 is 1.89 bits per heavy atom. The van der Waals surface area contributed by atoms with Gasteiger partial charge in [0.25, 0.3) is 5.91 Å². The highest BCUT2D eigenvalue weighted by Gasteiger charge is 2.23. The number of carbonyl (C=O) groups is 2. The van der Waals surface area contributed by atoms with Crippen LogP contribution in [0.2, 0.25) is 0 Å². The van der Waals surface area contributed by atoms with Crippen LogP contribution in [0.25, 0.3) is 0 Å². The maximum Gasteiger partial charge on any atom is 0.272 e. The molecule has 0 spiro atoms. The first-order chi connectivity index (χ1) is 13.1. The minimum absolute atomic E-state index is 0.140. The largest absolute Gasteiger partial charge is 0.497 e. The lowest BCUT2D eigenvalue weighted by Crippen LogP contribution is -2.48. The van der Waals surface area contributed by atoms with Gasteiger partial charge >= 0.3 is 0 Å². The quantitative estimate of drug-likeness (QED) is 0.773. The summed E-state index contributed by atoms with van der Waals surface area (Å²) in [7, 11) is 1.63. The topological polar surface area (TPSA) is 87.7 Å². The molecule has 27 heavy (non-hydrogen) atoms. The molecule has 2 amide bonds. The zero-order valence-electron chi connectivity index (χ0n) is 15.5. The molecule has 8 heteroatoms. The molecule has 0 radical (unpaired) electrons. The summed E-state index contributed by atoms with van der Waals surface area (Å²) in [6.07, 6.45) is 0.817. The van der Waals surface area contributed by atoms with E-state index < -0.39 is 0 Å². The second kappa shape index (κ2) is 8.48. The average Bonchev–Trinajstić information content (AvgIpc) is 2.71. The molecular weight excluding hydrogens is 346 g/mol. The molecule has 8 nitrogen and oxygen atoms in total. The third-order valence-electron chi connectivity index (χ3n) is 4.43. The molecule has 1 N–H and O–H groups in total. The van der Waals surface area contributed by atoms with Crippen LogP contribution in [-0.2, 0) is 11.3 Å². The molecule has 1 aliphatic heterocycles. The van der Waals surface area contributed by atoms with Crippen LogP contribution in [0, 0.1) is 6.92 Å². The number of methoxy groups -OCH3 is 1. The van der Waals surface area contributed by atoms with E-state index in [2.05, 4.69) is 15.3 Å². The standard InChI is InChI=1S/C19H23N5O3/c1-14-11-17(18(26)24-9-7-23(13-25)8-10-24)22-19(21-14)20-12-15-3-5-16(27-2)6-4-15/h3-6,11,13H,7-10,12H2,1-2H3,(H,20,21,22). The molecule has 1 aromatic carbocycles. The Morgan fingerprint density at radius 1 is 1.19 bits per heavy atom. The minimum atomic E-state index is -0.140. The van der Waals surface area contributed by atoms with Crippen LogP contribution in [-0.4, -0.2) is 65.4 Å². The van der Waals surface area contributed by atoms with E-state index in [0.717, 1.165) is 23.4 Å². The molecule has 142 valence electrons. The number of aryl methyl sites for hydroxylation is 1. The first-order valence-electron chi connectivity index (χ1n) is 8.80. The summed E-state index contributed by atoms with van der Waals surface area (Å²) in [5, 5.41) is 3.17. The molecule has 1 fully saturated rings. The summed E-state index contributed by atoms with van der Waals surface area (Å²) in [5.41, 5.74) is 2.13. The zero-order chi connectivity index (χ0) is 19.2. The van der Waals surface area contributed by atoms with E-state index in [-0.39, 0.29) is 5.91 Å². The summed E-state index contributed by atoms with van der Waals surface area (Å²) >= 11 is 0. The lowest BCUT2D eigenvalue weighted by molar-refractivity contribution is -0.119. The fraction of sp³-hybridized carbons (Fsp3) is 0.368. The molecule has 0 unspecified atom stereocenters. The lowest BCUT2D eigenvalue weighted by atomic mass is 10.2. The number of nitrogens with zero attached hydrogens (tertiary/aromatic N) is 4. The van der Waals surface area contributed by atoms with Gasteiger partial charge in [-0.25, -0.2) is 9.97 Å². The van der Waals surface area contributed by atoms with Gasteiger partial charge in [0, 0.05) is 38.4 Å². The van der Waals surface area contributed by atoms with Crippen LogP contribution < -0.4 is 10.1 Å². The molecule has 0 aliphatic carbocycles. The van der Waals surface area contributed by atoms with Crippen LogP contribution in [0.3, 0.4) is 0 Å². The van der Waals surface area contributed by atoms with E-state index in [1.54, 1.807) is 23.0 Å². The molecule has 2 aromatic rings. The maximum absolute atomic E-state index is 12.7. The smallest absolute Gasteiger partial charge is 0.272 e. The number of hydrogen-bond acceptors (Lipinski definition) is 6. The Labute approximate surface area is 158 Å². The van der Waals surface area contributed by atoms with Crippen molar-refractivity contribution in [3.63, 3.8) is 0 Å². The van der Waals surface area contributed by atoms with Crippen molar-refractivity contribution >= 4 is 18.3 Å². The second-order valence-corrected chi connectivity index (χ2v) is 6.35. The van der Waals surface area contributed by atoms with E-state index in [0.29, 0.717) is 44.4 Å². The Kier molecular flexibility index (Phi) is 5.85. The zero-order valence-corrected chi connectivity index (χ0v) is 15.5. The third-order valence-corrected chi connectivity index (χ3v) is 4.43.